The maximum Gasteiger partial charge on any atom is 0.172 e. The van der Waals surface area contributed by atoms with Gasteiger partial charge in [0.25, 0.3) is 0 Å². The van der Waals surface area contributed by atoms with Gasteiger partial charge in [-0.3, -0.25) is 4.90 Å². The number of benzene rings is 1. The molecule has 0 spiro atoms. The minimum Gasteiger partial charge on any atom is -0.503 e. The number of nitrogens with zero attached hydrogens (tertiary/aromatic N) is 1. The summed E-state index contributed by atoms with van der Waals surface area (Å²) in [6.45, 7) is 6.18. The van der Waals surface area contributed by atoms with Crippen molar-refractivity contribution in [1.29, 1.82) is 0 Å². The molecule has 0 amide bonds. The molecule has 1 unspecified atom stereocenters. The number of hydrogen-bond donors (Lipinski definition) is 2. The number of aromatic hydroxyl groups is 1. The minimum atomic E-state index is 0.162. The first-order valence-electron chi connectivity index (χ1n) is 6.11. The van der Waals surface area contributed by atoms with Crippen LogP contribution in [0.2, 0.25) is 0 Å². The van der Waals surface area contributed by atoms with Crippen LogP contribution in [0.5, 0.6) is 11.5 Å². The largest absolute Gasteiger partial charge is 0.503 e. The van der Waals surface area contributed by atoms with Crippen molar-refractivity contribution < 1.29 is 9.84 Å². The van der Waals surface area contributed by atoms with Crippen molar-refractivity contribution in [2.24, 2.45) is 0 Å². The molecule has 0 radical (unpaired) electrons. The van der Waals surface area contributed by atoms with Gasteiger partial charge in [0.2, 0.25) is 0 Å². The summed E-state index contributed by atoms with van der Waals surface area (Å²) in [6, 6.07) is 4.37. The molecule has 4 nitrogen and oxygen atoms in total. The zero-order chi connectivity index (χ0) is 13.1. The Morgan fingerprint density at radius 1 is 1.56 bits per heavy atom. The number of methoxy groups -OCH3 is 1. The molecule has 2 rings (SSSR count). The van der Waals surface area contributed by atoms with Crippen molar-refractivity contribution in [3.05, 3.63) is 22.2 Å². The zero-order valence-corrected chi connectivity index (χ0v) is 12.3. The van der Waals surface area contributed by atoms with E-state index in [1.807, 2.05) is 12.1 Å². The lowest BCUT2D eigenvalue weighted by molar-refractivity contribution is 0.199. The van der Waals surface area contributed by atoms with E-state index in [4.69, 9.17) is 4.74 Å². The van der Waals surface area contributed by atoms with Gasteiger partial charge in [0.15, 0.2) is 11.5 Å². The molecule has 1 aliphatic rings. The van der Waals surface area contributed by atoms with Gasteiger partial charge in [0, 0.05) is 32.2 Å². The fourth-order valence-corrected chi connectivity index (χ4v) is 2.78. The number of nitrogens with one attached hydrogen (secondary N) is 1. The fourth-order valence-electron chi connectivity index (χ4n) is 2.29. The number of hydrogen-bond acceptors (Lipinski definition) is 4. The Labute approximate surface area is 116 Å². The second-order valence-electron chi connectivity index (χ2n) is 4.72. The summed E-state index contributed by atoms with van der Waals surface area (Å²) < 4.78 is 5.85. The van der Waals surface area contributed by atoms with Crippen LogP contribution in [-0.2, 0) is 6.54 Å². The quantitative estimate of drug-likeness (QED) is 0.895. The van der Waals surface area contributed by atoms with Crippen molar-refractivity contribution in [2.75, 3.05) is 26.7 Å². The first-order chi connectivity index (χ1) is 8.60. The van der Waals surface area contributed by atoms with Crippen molar-refractivity contribution in [2.45, 2.75) is 19.5 Å². The predicted octanol–water partition coefficient (Wildman–Crippen LogP) is 1.96. The minimum absolute atomic E-state index is 0.162. The molecule has 0 aliphatic carbocycles. The predicted molar refractivity (Wildman–Crippen MR) is 75.1 cm³/mol. The first kappa shape index (κ1) is 13.6. The van der Waals surface area contributed by atoms with Crippen molar-refractivity contribution in [3.8, 4) is 11.5 Å². The monoisotopic (exact) mass is 314 g/mol. The van der Waals surface area contributed by atoms with E-state index in [0.717, 1.165) is 31.7 Å². The molecule has 0 bridgehead atoms. The van der Waals surface area contributed by atoms with Crippen LogP contribution >= 0.6 is 15.9 Å². The summed E-state index contributed by atoms with van der Waals surface area (Å²) in [6.07, 6.45) is 0. The number of piperazine rings is 1. The lowest BCUT2D eigenvalue weighted by Crippen LogP contribution is -2.48. The fraction of sp³-hybridized carbons (Fsp3) is 0.538. The van der Waals surface area contributed by atoms with E-state index in [0.29, 0.717) is 16.3 Å². The normalized spacial score (nSPS) is 20.9. The van der Waals surface area contributed by atoms with Gasteiger partial charge >= 0.3 is 0 Å². The van der Waals surface area contributed by atoms with Crippen LogP contribution in [0.15, 0.2) is 16.6 Å². The summed E-state index contributed by atoms with van der Waals surface area (Å²) in [4.78, 5) is 2.40. The van der Waals surface area contributed by atoms with Gasteiger partial charge in [-0.05, 0) is 40.5 Å². The van der Waals surface area contributed by atoms with E-state index >= 15 is 0 Å². The van der Waals surface area contributed by atoms with E-state index < -0.39 is 0 Å². The Bertz CT molecular complexity index is 426. The van der Waals surface area contributed by atoms with Gasteiger partial charge in [-0.2, -0.15) is 0 Å². The molecule has 0 aromatic heterocycles. The third-order valence-electron chi connectivity index (χ3n) is 3.17. The molecule has 1 atom stereocenters. The number of ether oxygens (including phenoxy) is 1. The molecule has 18 heavy (non-hydrogen) atoms. The highest BCUT2D eigenvalue weighted by atomic mass is 79.9. The van der Waals surface area contributed by atoms with Gasteiger partial charge in [-0.25, -0.2) is 0 Å². The van der Waals surface area contributed by atoms with E-state index in [1.54, 1.807) is 7.11 Å². The average molecular weight is 315 g/mol. The van der Waals surface area contributed by atoms with E-state index in [-0.39, 0.29) is 5.75 Å². The summed E-state index contributed by atoms with van der Waals surface area (Å²) in [5, 5.41) is 13.2. The molecular formula is C13H19BrN2O2. The van der Waals surface area contributed by atoms with Crippen molar-refractivity contribution >= 4 is 15.9 Å². The summed E-state index contributed by atoms with van der Waals surface area (Å²) in [5.41, 5.74) is 1.14. The lowest BCUT2D eigenvalue weighted by Gasteiger charge is -2.31. The Hall–Kier alpha value is -0.780. The van der Waals surface area contributed by atoms with Crippen LogP contribution in [0.3, 0.4) is 0 Å². The first-order valence-corrected chi connectivity index (χ1v) is 6.90. The number of phenolic OH excluding ortho intramolecular Hbond substituents is 1. The smallest absolute Gasteiger partial charge is 0.172 e. The van der Waals surface area contributed by atoms with Gasteiger partial charge in [-0.15, -0.1) is 0 Å². The highest BCUT2D eigenvalue weighted by molar-refractivity contribution is 9.10. The van der Waals surface area contributed by atoms with E-state index in [2.05, 4.69) is 33.1 Å². The standard InChI is InChI=1S/C13H19BrN2O2/c1-9-7-16(4-3-15-9)8-10-5-11(14)13(17)12(6-10)18-2/h5-6,9,15,17H,3-4,7-8H2,1-2H3. The Morgan fingerprint density at radius 2 is 2.33 bits per heavy atom. The third-order valence-corrected chi connectivity index (χ3v) is 3.77. The maximum absolute atomic E-state index is 9.77. The van der Waals surface area contributed by atoms with Crippen molar-refractivity contribution in [1.82, 2.24) is 10.2 Å². The highest BCUT2D eigenvalue weighted by Gasteiger charge is 2.17. The molecule has 1 fully saturated rings. The Morgan fingerprint density at radius 3 is 3.00 bits per heavy atom. The van der Waals surface area contributed by atoms with Crippen molar-refractivity contribution in [3.63, 3.8) is 0 Å². The van der Waals surface area contributed by atoms with Crippen LogP contribution in [0.4, 0.5) is 0 Å². The molecule has 2 N–H and O–H groups in total. The van der Waals surface area contributed by atoms with Crippen LogP contribution in [0.1, 0.15) is 12.5 Å². The second kappa shape index (κ2) is 5.91. The molecule has 0 saturated carbocycles. The molecule has 1 aromatic rings. The molecule has 100 valence electrons. The van der Waals surface area contributed by atoms with E-state index in [1.165, 1.54) is 0 Å². The SMILES string of the molecule is COc1cc(CN2CCNC(C)C2)cc(Br)c1O. The molecule has 5 heteroatoms. The maximum atomic E-state index is 9.77. The molecule has 1 saturated heterocycles. The zero-order valence-electron chi connectivity index (χ0n) is 10.7. The molecule has 1 heterocycles. The van der Waals surface area contributed by atoms with Gasteiger partial charge < -0.3 is 15.2 Å². The van der Waals surface area contributed by atoms with Crippen LogP contribution in [-0.4, -0.2) is 42.8 Å². The van der Waals surface area contributed by atoms with E-state index in [9.17, 15) is 5.11 Å². The highest BCUT2D eigenvalue weighted by Crippen LogP contribution is 2.35. The van der Waals surface area contributed by atoms with Crippen LogP contribution < -0.4 is 10.1 Å². The average Bonchev–Trinajstić information content (AvgIpc) is 2.33. The summed E-state index contributed by atoms with van der Waals surface area (Å²) in [5.74, 6) is 0.678. The second-order valence-corrected chi connectivity index (χ2v) is 5.57. The van der Waals surface area contributed by atoms with Gasteiger partial charge in [0.05, 0.1) is 11.6 Å². The number of halogens is 1. The lowest BCUT2D eigenvalue weighted by atomic mass is 10.1. The number of rotatable bonds is 3. The Balaban J connectivity index is 2.11. The molecule has 1 aromatic carbocycles. The molecular weight excluding hydrogens is 296 g/mol. The summed E-state index contributed by atoms with van der Waals surface area (Å²) >= 11 is 3.35. The van der Waals surface area contributed by atoms with Crippen LogP contribution in [0.25, 0.3) is 0 Å². The van der Waals surface area contributed by atoms with Gasteiger partial charge in [-0.1, -0.05) is 0 Å². The third kappa shape index (κ3) is 3.16. The van der Waals surface area contributed by atoms with Crippen LogP contribution in [0, 0.1) is 0 Å². The summed E-state index contributed by atoms with van der Waals surface area (Å²) in [7, 11) is 1.57. The topological polar surface area (TPSA) is 44.7 Å². The van der Waals surface area contributed by atoms with Gasteiger partial charge in [0.1, 0.15) is 0 Å². The molecule has 1 aliphatic heterocycles. The number of phenols is 1. The Kier molecular flexibility index (Phi) is 4.48.